The molecule has 0 bridgehead atoms. The highest BCUT2D eigenvalue weighted by atomic mass is 35.5. The molecule has 0 atom stereocenters. The largest absolute Gasteiger partial charge is 0.494 e. The van der Waals surface area contributed by atoms with E-state index in [0.717, 1.165) is 46.5 Å². The van der Waals surface area contributed by atoms with E-state index in [1.54, 1.807) is 28.9 Å². The lowest BCUT2D eigenvalue weighted by Gasteiger charge is -2.16. The number of nitrogens with one attached hydrogen (secondary N) is 1. The molecular weight excluding hydrogens is 573 g/mol. The molecule has 222 valence electrons. The van der Waals surface area contributed by atoms with Crippen molar-refractivity contribution in [3.8, 4) is 17.2 Å². The van der Waals surface area contributed by atoms with Gasteiger partial charge in [0.2, 0.25) is 0 Å². The average Bonchev–Trinajstić information content (AvgIpc) is 3.36. The minimum atomic E-state index is -0.970. The summed E-state index contributed by atoms with van der Waals surface area (Å²) in [6, 6.07) is 16.5. The van der Waals surface area contributed by atoms with Crippen LogP contribution in [0.5, 0.6) is 11.5 Å². The van der Waals surface area contributed by atoms with Crippen LogP contribution >= 0.6 is 23.2 Å². The maximum atomic E-state index is 11.6. The van der Waals surface area contributed by atoms with Gasteiger partial charge in [0.1, 0.15) is 23.8 Å². The first-order valence-corrected chi connectivity index (χ1v) is 14.9. The number of para-hydroxylation sites is 1. The summed E-state index contributed by atoms with van der Waals surface area (Å²) in [7, 11) is 0. The lowest BCUT2D eigenvalue weighted by atomic mass is 10.0. The number of aryl methyl sites for hydroxylation is 1. The van der Waals surface area contributed by atoms with Crippen LogP contribution in [-0.2, 0) is 19.7 Å². The second-order valence-electron chi connectivity index (χ2n) is 10.5. The number of halogens is 2. The zero-order chi connectivity index (χ0) is 30.2. The first-order chi connectivity index (χ1) is 20.2. The Balaban J connectivity index is 1.42. The van der Waals surface area contributed by atoms with Crippen molar-refractivity contribution in [2.24, 2.45) is 0 Å². The fourth-order valence-corrected chi connectivity index (χ4v) is 5.21. The lowest BCUT2D eigenvalue weighted by Crippen LogP contribution is -2.14. The third-order valence-electron chi connectivity index (χ3n) is 6.99. The SMILES string of the molecule is CCCCOc1cc(CNCc2ccc(OCc3c(C(C)C)cnn3-c3c(Cl)cccc3Cl)cc2C)cc(C(=O)O)c1. The van der Waals surface area contributed by atoms with Gasteiger partial charge in [0, 0.05) is 13.1 Å². The molecule has 0 spiro atoms. The van der Waals surface area contributed by atoms with E-state index >= 15 is 0 Å². The molecule has 1 heterocycles. The topological polar surface area (TPSA) is 85.6 Å². The van der Waals surface area contributed by atoms with Gasteiger partial charge >= 0.3 is 5.97 Å². The van der Waals surface area contributed by atoms with E-state index < -0.39 is 5.97 Å². The number of carbonyl (C=O) groups is 1. The number of aromatic nitrogens is 2. The van der Waals surface area contributed by atoms with Crippen LogP contribution in [0.15, 0.2) is 60.8 Å². The smallest absolute Gasteiger partial charge is 0.335 e. The normalized spacial score (nSPS) is 11.2. The van der Waals surface area contributed by atoms with E-state index in [-0.39, 0.29) is 11.5 Å². The van der Waals surface area contributed by atoms with Crippen molar-refractivity contribution >= 4 is 29.2 Å². The number of aromatic carboxylic acids is 1. The Bertz CT molecular complexity index is 1510. The molecule has 0 unspecified atom stereocenters. The molecule has 0 aliphatic carbocycles. The zero-order valence-corrected chi connectivity index (χ0v) is 25.9. The van der Waals surface area contributed by atoms with E-state index in [0.29, 0.717) is 47.8 Å². The summed E-state index contributed by atoms with van der Waals surface area (Å²) in [6.45, 7) is 10.3. The molecule has 7 nitrogen and oxygen atoms in total. The van der Waals surface area contributed by atoms with E-state index in [1.165, 1.54) is 0 Å². The maximum absolute atomic E-state index is 11.6. The molecule has 4 aromatic rings. The molecule has 42 heavy (non-hydrogen) atoms. The van der Waals surface area contributed by atoms with Crippen LogP contribution in [0, 0.1) is 6.92 Å². The van der Waals surface area contributed by atoms with Gasteiger partial charge in [-0.3, -0.25) is 0 Å². The molecule has 0 aliphatic heterocycles. The second-order valence-corrected chi connectivity index (χ2v) is 11.4. The quantitative estimate of drug-likeness (QED) is 0.140. The van der Waals surface area contributed by atoms with Gasteiger partial charge in [0.25, 0.3) is 0 Å². The molecule has 0 saturated carbocycles. The van der Waals surface area contributed by atoms with Gasteiger partial charge in [0.05, 0.1) is 34.1 Å². The van der Waals surface area contributed by atoms with Gasteiger partial charge in [-0.2, -0.15) is 5.10 Å². The number of benzene rings is 3. The molecule has 0 saturated heterocycles. The number of carboxylic acid groups (broad SMARTS) is 1. The zero-order valence-electron chi connectivity index (χ0n) is 24.4. The molecule has 0 aliphatic rings. The summed E-state index contributed by atoms with van der Waals surface area (Å²) < 4.78 is 13.8. The molecule has 2 N–H and O–H groups in total. The second kappa shape index (κ2) is 14.6. The summed E-state index contributed by atoms with van der Waals surface area (Å²) in [5, 5.41) is 18.6. The molecule has 0 fully saturated rings. The predicted octanol–water partition coefficient (Wildman–Crippen LogP) is 8.36. The van der Waals surface area contributed by atoms with Crippen molar-refractivity contribution in [3.63, 3.8) is 0 Å². The molecule has 0 radical (unpaired) electrons. The Morgan fingerprint density at radius 2 is 1.79 bits per heavy atom. The molecule has 9 heteroatoms. The number of rotatable bonds is 14. The van der Waals surface area contributed by atoms with Crippen LogP contribution in [0.3, 0.4) is 0 Å². The number of ether oxygens (including phenoxy) is 2. The standard InChI is InChI=1S/C33H37Cl2N3O4/c1-5-6-12-41-27-15-23(14-25(16-27)33(39)40)17-36-18-24-10-11-26(13-22(24)4)42-20-31-28(21(2)3)19-37-38(31)32-29(34)8-7-9-30(32)35/h7-11,13-16,19,21,36H,5-6,12,17-18,20H2,1-4H3,(H,39,40). The van der Waals surface area contributed by atoms with Gasteiger partial charge in [-0.15, -0.1) is 0 Å². The molecule has 4 rings (SSSR count). The van der Waals surface area contributed by atoms with Gasteiger partial charge in [-0.1, -0.05) is 62.5 Å². The number of unbranched alkanes of at least 4 members (excludes halogenated alkanes) is 1. The van der Waals surface area contributed by atoms with Crippen molar-refractivity contribution in [3.05, 3.63) is 104 Å². The highest BCUT2D eigenvalue weighted by Gasteiger charge is 2.19. The van der Waals surface area contributed by atoms with E-state index in [2.05, 4.69) is 31.2 Å². The summed E-state index contributed by atoms with van der Waals surface area (Å²) in [6.07, 6.45) is 3.77. The van der Waals surface area contributed by atoms with Crippen LogP contribution in [0.2, 0.25) is 10.0 Å². The van der Waals surface area contributed by atoms with Crippen LogP contribution < -0.4 is 14.8 Å². The third kappa shape index (κ3) is 7.85. The van der Waals surface area contributed by atoms with Crippen molar-refractivity contribution in [1.29, 1.82) is 0 Å². The number of hydrogen-bond acceptors (Lipinski definition) is 5. The Morgan fingerprint density at radius 3 is 2.45 bits per heavy atom. The van der Waals surface area contributed by atoms with Gasteiger partial charge < -0.3 is 19.9 Å². The Labute approximate surface area is 257 Å². The van der Waals surface area contributed by atoms with Gasteiger partial charge in [0.15, 0.2) is 0 Å². The Morgan fingerprint density at radius 1 is 1.02 bits per heavy atom. The van der Waals surface area contributed by atoms with Crippen LogP contribution in [0.1, 0.15) is 77.8 Å². The lowest BCUT2D eigenvalue weighted by molar-refractivity contribution is 0.0696. The van der Waals surface area contributed by atoms with Crippen molar-refractivity contribution < 1.29 is 19.4 Å². The van der Waals surface area contributed by atoms with Crippen molar-refractivity contribution in [1.82, 2.24) is 15.1 Å². The number of nitrogens with zero attached hydrogens (tertiary/aromatic N) is 2. The van der Waals surface area contributed by atoms with E-state index in [1.807, 2.05) is 43.5 Å². The minimum Gasteiger partial charge on any atom is -0.494 e. The molecular formula is C33H37Cl2N3O4. The Hall–Kier alpha value is -3.52. The fraction of sp³-hybridized carbons (Fsp3) is 0.333. The molecule has 0 amide bonds. The average molecular weight is 611 g/mol. The van der Waals surface area contributed by atoms with Crippen LogP contribution in [0.25, 0.3) is 5.69 Å². The predicted molar refractivity (Wildman–Crippen MR) is 168 cm³/mol. The highest BCUT2D eigenvalue weighted by Crippen LogP contribution is 2.32. The summed E-state index contributed by atoms with van der Waals surface area (Å²) in [5.41, 5.74) is 5.87. The summed E-state index contributed by atoms with van der Waals surface area (Å²) in [4.78, 5) is 11.6. The van der Waals surface area contributed by atoms with Gasteiger partial charge in [-0.05, 0) is 84.0 Å². The first kappa shape index (κ1) is 31.4. The fourth-order valence-electron chi connectivity index (χ4n) is 4.65. The minimum absolute atomic E-state index is 0.220. The summed E-state index contributed by atoms with van der Waals surface area (Å²) >= 11 is 13.0. The van der Waals surface area contributed by atoms with Gasteiger partial charge in [-0.25, -0.2) is 9.48 Å². The third-order valence-corrected chi connectivity index (χ3v) is 7.60. The number of carboxylic acids is 1. The van der Waals surface area contributed by atoms with Crippen LogP contribution in [-0.4, -0.2) is 27.5 Å². The monoisotopic (exact) mass is 609 g/mol. The van der Waals surface area contributed by atoms with E-state index in [4.69, 9.17) is 32.7 Å². The maximum Gasteiger partial charge on any atom is 0.335 e. The first-order valence-electron chi connectivity index (χ1n) is 14.1. The van der Waals surface area contributed by atoms with E-state index in [9.17, 15) is 9.90 Å². The van der Waals surface area contributed by atoms with Crippen molar-refractivity contribution in [2.75, 3.05) is 6.61 Å². The molecule has 1 aromatic heterocycles. The highest BCUT2D eigenvalue weighted by molar-refractivity contribution is 6.37. The van der Waals surface area contributed by atoms with Crippen LogP contribution in [0.4, 0.5) is 0 Å². The van der Waals surface area contributed by atoms with Crippen molar-refractivity contribution in [2.45, 2.75) is 66.2 Å². The summed E-state index contributed by atoms with van der Waals surface area (Å²) in [5.74, 6) is 0.592. The Kier molecular flexibility index (Phi) is 10.9. The molecule has 3 aromatic carbocycles. The number of hydrogen-bond donors (Lipinski definition) is 2.